The van der Waals surface area contributed by atoms with E-state index in [1.807, 2.05) is 6.07 Å². The number of aryl methyl sites for hydroxylation is 2. The van der Waals surface area contributed by atoms with Crippen molar-refractivity contribution >= 4 is 49.9 Å². The monoisotopic (exact) mass is 439 g/mol. The summed E-state index contributed by atoms with van der Waals surface area (Å²) in [7, 11) is -0.494. The zero-order valence-corrected chi connectivity index (χ0v) is 16.2. The Labute approximate surface area is 140 Å². The molecule has 0 radical (unpaired) electrons. The predicted octanol–water partition coefficient (Wildman–Crippen LogP) is 2.77. The second-order valence-corrected chi connectivity index (χ2v) is 10.5. The molecule has 1 aliphatic rings. The van der Waals surface area contributed by atoms with E-state index in [1.54, 1.807) is 16.0 Å². The van der Waals surface area contributed by atoms with Gasteiger partial charge in [-0.2, -0.15) is 17.8 Å². The summed E-state index contributed by atoms with van der Waals surface area (Å²) in [5.41, 5.74) is 2.41. The summed E-state index contributed by atoms with van der Waals surface area (Å²) >= 11 is 1.04. The number of rotatable bonds is 5. The highest BCUT2D eigenvalue weighted by Gasteiger charge is 2.30. The van der Waals surface area contributed by atoms with E-state index in [4.69, 9.17) is 0 Å². The molecule has 0 N–H and O–H groups in total. The van der Waals surface area contributed by atoms with E-state index in [2.05, 4.69) is 31.1 Å². The minimum atomic E-state index is -3.54. The van der Waals surface area contributed by atoms with E-state index < -0.39 is 30.9 Å². The van der Waals surface area contributed by atoms with E-state index in [0.29, 0.717) is 0 Å². The average Bonchev–Trinajstić information content (AvgIpc) is 2.89. The van der Waals surface area contributed by atoms with Gasteiger partial charge < -0.3 is 0 Å². The normalized spacial score (nSPS) is 15.3. The zero-order chi connectivity index (χ0) is 15.6. The van der Waals surface area contributed by atoms with Crippen molar-refractivity contribution in [3.8, 4) is 0 Å². The van der Waals surface area contributed by atoms with Crippen LogP contribution in [-0.4, -0.2) is 38.4 Å². The molecule has 0 aromatic heterocycles. The number of nitrogens with zero attached hydrogens (tertiary/aromatic N) is 3. The molecule has 0 aliphatic carbocycles. The van der Waals surface area contributed by atoms with Crippen molar-refractivity contribution in [3.05, 3.63) is 29.3 Å². The molecule has 0 amide bonds. The molecule has 0 bridgehead atoms. The maximum Gasteiger partial charge on any atom is 0.323 e. The Kier molecular flexibility index (Phi) is 5.44. The number of hydrogen-bond donors (Lipinski definition) is 0. The van der Waals surface area contributed by atoms with Crippen LogP contribution in [0, 0.1) is 6.92 Å². The van der Waals surface area contributed by atoms with Crippen LogP contribution in [-0.2, 0) is 16.6 Å². The standard InChI is InChI=1S/C13H18IN3O2S2/c1-5-11-8-6-7-10(2)12(11)20-13-14-9-15-17(13)21(18,19)16(3)4/h6-9H,5H2,1-4H3. The Morgan fingerprint density at radius 3 is 2.71 bits per heavy atom. The number of halogens is 1. The molecule has 0 fully saturated rings. The molecule has 0 spiro atoms. The van der Waals surface area contributed by atoms with Gasteiger partial charge in [-0.1, -0.05) is 36.9 Å². The molecular weight excluding hydrogens is 421 g/mol. The van der Waals surface area contributed by atoms with E-state index in [-0.39, 0.29) is 0 Å². The van der Waals surface area contributed by atoms with E-state index in [0.717, 1.165) is 14.3 Å². The molecule has 8 heteroatoms. The van der Waals surface area contributed by atoms with Crippen molar-refractivity contribution in [2.24, 2.45) is 5.10 Å². The Bertz CT molecular complexity index is 699. The first kappa shape index (κ1) is 16.9. The Morgan fingerprint density at radius 2 is 2.10 bits per heavy atom. The van der Waals surface area contributed by atoms with Crippen LogP contribution in [0.25, 0.3) is 0 Å². The number of hydrazone groups is 1. The summed E-state index contributed by atoms with van der Waals surface area (Å²) in [6.07, 6.45) is 0.927. The summed E-state index contributed by atoms with van der Waals surface area (Å²) in [4.78, 5) is 1.15. The van der Waals surface area contributed by atoms with Crippen LogP contribution >= 0.6 is 32.5 Å². The van der Waals surface area contributed by atoms with Gasteiger partial charge in [0.1, 0.15) is 2.96 Å². The molecule has 116 valence electrons. The second kappa shape index (κ2) is 6.76. The summed E-state index contributed by atoms with van der Waals surface area (Å²) in [6, 6.07) is 6.19. The molecular formula is C13H18IN3O2S2. The van der Waals surface area contributed by atoms with E-state index >= 15 is 0 Å². The lowest BCUT2D eigenvalue weighted by molar-refractivity contribution is 0.469. The van der Waals surface area contributed by atoms with Gasteiger partial charge in [-0.15, -0.1) is 4.41 Å². The number of hydrogen-bond acceptors (Lipinski definition) is 4. The van der Waals surface area contributed by atoms with Crippen LogP contribution in [0.4, 0.5) is 0 Å². The van der Waals surface area contributed by atoms with Gasteiger partial charge >= 0.3 is 10.2 Å². The summed E-state index contributed by atoms with van der Waals surface area (Å²) in [5.74, 6) is 0. The third kappa shape index (κ3) is 3.49. The SMILES string of the molecule is CCc1cccc(C)c1SC1=IC=NN1S(=O)(=O)N(C)C. The molecule has 0 saturated carbocycles. The zero-order valence-electron chi connectivity index (χ0n) is 12.4. The Balaban J connectivity index is 2.33. The van der Waals surface area contributed by atoms with Gasteiger partial charge in [0.15, 0.2) is 0 Å². The van der Waals surface area contributed by atoms with Crippen LogP contribution in [0.1, 0.15) is 18.1 Å². The van der Waals surface area contributed by atoms with Gasteiger partial charge in [-0.05, 0) is 45.2 Å². The molecule has 5 nitrogen and oxygen atoms in total. The van der Waals surface area contributed by atoms with E-state index in [1.165, 1.54) is 33.9 Å². The van der Waals surface area contributed by atoms with Crippen LogP contribution < -0.4 is 0 Å². The average molecular weight is 439 g/mol. The summed E-state index contributed by atoms with van der Waals surface area (Å²) < 4.78 is 29.5. The summed E-state index contributed by atoms with van der Waals surface area (Å²) in [6.45, 7) is 4.17. The predicted molar refractivity (Wildman–Crippen MR) is 98.4 cm³/mol. The Morgan fingerprint density at radius 1 is 1.38 bits per heavy atom. The maximum absolute atomic E-state index is 12.3. The molecule has 0 atom stereocenters. The highest BCUT2D eigenvalue weighted by molar-refractivity contribution is 14.2. The molecule has 1 aliphatic heterocycles. The van der Waals surface area contributed by atoms with Gasteiger partial charge in [0.25, 0.3) is 0 Å². The quantitative estimate of drug-likeness (QED) is 0.664. The second-order valence-electron chi connectivity index (χ2n) is 4.63. The number of benzene rings is 1. The van der Waals surface area contributed by atoms with Crippen LogP contribution in [0.5, 0.6) is 0 Å². The lowest BCUT2D eigenvalue weighted by atomic mass is 10.1. The van der Waals surface area contributed by atoms with Crippen LogP contribution in [0.15, 0.2) is 28.2 Å². The molecule has 1 aromatic rings. The first-order valence-electron chi connectivity index (χ1n) is 6.39. The maximum atomic E-state index is 12.3. The third-order valence-corrected chi connectivity index (χ3v) is 8.97. The largest absolute Gasteiger partial charge is 0.323 e. The fraction of sp³-hybridized carbons (Fsp3) is 0.385. The van der Waals surface area contributed by atoms with Gasteiger partial charge in [0.2, 0.25) is 0 Å². The first-order valence-corrected chi connectivity index (χ1v) is 10.9. The minimum Gasteiger partial charge on any atom is -0.189 e. The highest BCUT2D eigenvalue weighted by Crippen LogP contribution is 2.34. The van der Waals surface area contributed by atoms with Crippen molar-refractivity contribution in [3.63, 3.8) is 0 Å². The lowest BCUT2D eigenvalue weighted by Crippen LogP contribution is -2.37. The van der Waals surface area contributed by atoms with E-state index in [9.17, 15) is 8.42 Å². The molecule has 0 saturated heterocycles. The molecule has 21 heavy (non-hydrogen) atoms. The number of thioether (sulfide) groups is 1. The van der Waals surface area contributed by atoms with Crippen molar-refractivity contribution in [1.82, 2.24) is 8.72 Å². The molecule has 1 aromatic carbocycles. The van der Waals surface area contributed by atoms with Crippen molar-refractivity contribution < 1.29 is 8.42 Å². The van der Waals surface area contributed by atoms with Crippen molar-refractivity contribution in [2.75, 3.05) is 14.1 Å². The summed E-state index contributed by atoms with van der Waals surface area (Å²) in [5, 5.41) is 4.06. The smallest absolute Gasteiger partial charge is 0.189 e. The van der Waals surface area contributed by atoms with Gasteiger partial charge in [0.05, 0.1) is 4.22 Å². The minimum absolute atomic E-state index is 0.504. The molecule has 2 rings (SSSR count). The first-order chi connectivity index (χ1) is 9.87. The third-order valence-electron chi connectivity index (χ3n) is 2.98. The molecule has 0 unspecified atom stereocenters. The van der Waals surface area contributed by atoms with Crippen molar-refractivity contribution in [2.45, 2.75) is 25.2 Å². The van der Waals surface area contributed by atoms with Crippen LogP contribution in [0.3, 0.4) is 0 Å². The fourth-order valence-electron chi connectivity index (χ4n) is 1.78. The van der Waals surface area contributed by atoms with Crippen molar-refractivity contribution in [1.29, 1.82) is 0 Å². The van der Waals surface area contributed by atoms with Gasteiger partial charge in [-0.3, -0.25) is 0 Å². The Hall–Kier alpha value is -0.450. The molecule has 1 heterocycles. The van der Waals surface area contributed by atoms with Crippen LogP contribution in [0.2, 0.25) is 0 Å². The topological polar surface area (TPSA) is 53.0 Å². The van der Waals surface area contributed by atoms with Gasteiger partial charge in [0, 0.05) is 19.0 Å². The highest BCUT2D eigenvalue weighted by atomic mass is 127. The lowest BCUT2D eigenvalue weighted by Gasteiger charge is -2.22. The van der Waals surface area contributed by atoms with Gasteiger partial charge in [-0.25, -0.2) is 0 Å². The fourth-order valence-corrected chi connectivity index (χ4v) is 7.21.